The number of amides is 1. The summed E-state index contributed by atoms with van der Waals surface area (Å²) >= 11 is 0. The van der Waals surface area contributed by atoms with Gasteiger partial charge in [0.15, 0.2) is 0 Å². The fraction of sp³-hybridized carbons (Fsp3) is 0.333. The van der Waals surface area contributed by atoms with Gasteiger partial charge in [-0.05, 0) is 38.5 Å². The summed E-state index contributed by atoms with van der Waals surface area (Å²) in [5.74, 6) is -0.250. The molecule has 138 valence electrons. The molecule has 0 fully saturated rings. The summed E-state index contributed by atoms with van der Waals surface area (Å²) in [6.07, 6.45) is 0. The highest BCUT2D eigenvalue weighted by Gasteiger charge is 2.12. The van der Waals surface area contributed by atoms with E-state index in [4.69, 9.17) is 9.47 Å². The molecule has 0 heterocycles. The van der Waals surface area contributed by atoms with Gasteiger partial charge in [-0.1, -0.05) is 48.0 Å². The van der Waals surface area contributed by atoms with Crippen LogP contribution in [0.15, 0.2) is 59.6 Å². The molecule has 5 heteroatoms. The highest BCUT2D eigenvalue weighted by molar-refractivity contribution is 6.04. The SMILES string of the molecule is CCOCCOC(=N[C@H](C)c1ccccc1)NC(=O)c1ccc(C)cc1. The van der Waals surface area contributed by atoms with Crippen molar-refractivity contribution in [3.63, 3.8) is 0 Å². The summed E-state index contributed by atoms with van der Waals surface area (Å²) in [6.45, 7) is 7.24. The Labute approximate surface area is 155 Å². The molecule has 5 nitrogen and oxygen atoms in total. The second-order valence-corrected chi connectivity index (χ2v) is 5.89. The molecule has 0 aliphatic heterocycles. The number of carbonyl (C=O) groups excluding carboxylic acids is 1. The van der Waals surface area contributed by atoms with Crippen molar-refractivity contribution in [3.05, 3.63) is 71.3 Å². The van der Waals surface area contributed by atoms with Crippen LogP contribution in [0.5, 0.6) is 0 Å². The molecule has 0 radical (unpaired) electrons. The molecule has 1 amide bonds. The quantitative estimate of drug-likeness (QED) is 0.466. The Morgan fingerprint density at radius 2 is 1.77 bits per heavy atom. The van der Waals surface area contributed by atoms with E-state index in [9.17, 15) is 4.79 Å². The molecule has 0 aromatic heterocycles. The Hall–Kier alpha value is -2.66. The summed E-state index contributed by atoms with van der Waals surface area (Å²) in [4.78, 5) is 17.0. The average Bonchev–Trinajstić information content (AvgIpc) is 2.66. The van der Waals surface area contributed by atoms with E-state index in [1.54, 1.807) is 12.1 Å². The van der Waals surface area contributed by atoms with Crippen LogP contribution >= 0.6 is 0 Å². The first-order chi connectivity index (χ1) is 12.6. The molecular formula is C21H26N2O3. The molecule has 26 heavy (non-hydrogen) atoms. The van der Waals surface area contributed by atoms with Gasteiger partial charge in [0, 0.05) is 12.2 Å². The Bertz CT molecular complexity index is 712. The molecule has 1 atom stereocenters. The number of benzene rings is 2. The molecule has 0 saturated heterocycles. The summed E-state index contributed by atoms with van der Waals surface area (Å²) in [6, 6.07) is 17.3. The number of hydrogen-bond acceptors (Lipinski definition) is 4. The molecular weight excluding hydrogens is 328 g/mol. The number of aryl methyl sites for hydroxylation is 1. The van der Waals surface area contributed by atoms with E-state index < -0.39 is 0 Å². The van der Waals surface area contributed by atoms with Gasteiger partial charge >= 0.3 is 0 Å². The van der Waals surface area contributed by atoms with Gasteiger partial charge in [0.25, 0.3) is 11.9 Å². The van der Waals surface area contributed by atoms with Crippen LogP contribution in [0.25, 0.3) is 0 Å². The first kappa shape index (κ1) is 19.7. The Morgan fingerprint density at radius 3 is 2.42 bits per heavy atom. The fourth-order valence-corrected chi connectivity index (χ4v) is 2.30. The number of amidine groups is 1. The predicted molar refractivity (Wildman–Crippen MR) is 103 cm³/mol. The Morgan fingerprint density at radius 1 is 1.08 bits per heavy atom. The minimum Gasteiger partial charge on any atom is -0.463 e. The topological polar surface area (TPSA) is 59.9 Å². The molecule has 2 rings (SSSR count). The zero-order chi connectivity index (χ0) is 18.8. The second-order valence-electron chi connectivity index (χ2n) is 5.89. The largest absolute Gasteiger partial charge is 0.463 e. The third-order valence-electron chi connectivity index (χ3n) is 3.80. The lowest BCUT2D eigenvalue weighted by Gasteiger charge is -2.14. The maximum Gasteiger partial charge on any atom is 0.292 e. The third-order valence-corrected chi connectivity index (χ3v) is 3.80. The highest BCUT2D eigenvalue weighted by atomic mass is 16.5. The zero-order valence-corrected chi connectivity index (χ0v) is 15.6. The van der Waals surface area contributed by atoms with E-state index in [0.717, 1.165) is 11.1 Å². The maximum absolute atomic E-state index is 12.5. The summed E-state index contributed by atoms with van der Waals surface area (Å²) < 4.78 is 10.9. The van der Waals surface area contributed by atoms with E-state index in [-0.39, 0.29) is 18.0 Å². The van der Waals surface area contributed by atoms with Gasteiger partial charge in [0.1, 0.15) is 6.61 Å². The number of carbonyl (C=O) groups is 1. The number of aliphatic imine (C=N–C) groups is 1. The molecule has 0 aliphatic rings. The highest BCUT2D eigenvalue weighted by Crippen LogP contribution is 2.16. The molecule has 0 aliphatic carbocycles. The van der Waals surface area contributed by atoms with Gasteiger partial charge in [0.05, 0.1) is 12.6 Å². The minimum atomic E-state index is -0.250. The van der Waals surface area contributed by atoms with Crippen molar-refractivity contribution in [2.75, 3.05) is 19.8 Å². The summed E-state index contributed by atoms with van der Waals surface area (Å²) in [7, 11) is 0. The van der Waals surface area contributed by atoms with Crippen molar-refractivity contribution < 1.29 is 14.3 Å². The standard InChI is InChI=1S/C21H26N2O3/c1-4-25-14-15-26-21(22-17(3)18-8-6-5-7-9-18)23-20(24)19-12-10-16(2)11-13-19/h5-13,17H,4,14-15H2,1-3H3,(H,22,23,24)/t17-/m1/s1. The van der Waals surface area contributed by atoms with Gasteiger partial charge in [-0.25, -0.2) is 4.99 Å². The van der Waals surface area contributed by atoms with Crippen molar-refractivity contribution in [2.24, 2.45) is 4.99 Å². The van der Waals surface area contributed by atoms with Crippen molar-refractivity contribution in [2.45, 2.75) is 26.8 Å². The van der Waals surface area contributed by atoms with Crippen LogP contribution in [0.1, 0.15) is 41.4 Å². The van der Waals surface area contributed by atoms with Gasteiger partial charge in [-0.2, -0.15) is 0 Å². The molecule has 0 saturated carbocycles. The smallest absolute Gasteiger partial charge is 0.292 e. The third kappa shape index (κ3) is 6.33. The van der Waals surface area contributed by atoms with Crippen molar-refractivity contribution >= 4 is 11.9 Å². The zero-order valence-electron chi connectivity index (χ0n) is 15.6. The van der Waals surface area contributed by atoms with Crippen LogP contribution < -0.4 is 5.32 Å². The van der Waals surface area contributed by atoms with Gasteiger partial charge in [-0.3, -0.25) is 10.1 Å². The molecule has 0 unspecified atom stereocenters. The second kappa shape index (κ2) is 10.4. The van der Waals surface area contributed by atoms with E-state index in [0.29, 0.717) is 25.4 Å². The normalized spacial score (nSPS) is 12.5. The number of hydrogen-bond donors (Lipinski definition) is 1. The first-order valence-corrected chi connectivity index (χ1v) is 8.81. The van der Waals surface area contributed by atoms with Crippen LogP contribution in [0.4, 0.5) is 0 Å². The van der Waals surface area contributed by atoms with Gasteiger partial charge in [-0.15, -0.1) is 0 Å². The lowest BCUT2D eigenvalue weighted by molar-refractivity contribution is 0.0921. The van der Waals surface area contributed by atoms with E-state index in [1.165, 1.54) is 0 Å². The van der Waals surface area contributed by atoms with Crippen LogP contribution in [-0.4, -0.2) is 31.7 Å². The molecule has 0 bridgehead atoms. The summed E-state index contributed by atoms with van der Waals surface area (Å²) in [5, 5.41) is 2.76. The lowest BCUT2D eigenvalue weighted by atomic mass is 10.1. The molecule has 0 spiro atoms. The van der Waals surface area contributed by atoms with E-state index in [2.05, 4.69) is 10.3 Å². The van der Waals surface area contributed by atoms with E-state index in [1.807, 2.05) is 63.2 Å². The molecule has 2 aromatic carbocycles. The predicted octanol–water partition coefficient (Wildman–Crippen LogP) is 3.90. The number of nitrogens with one attached hydrogen (secondary N) is 1. The van der Waals surface area contributed by atoms with Crippen LogP contribution in [0.2, 0.25) is 0 Å². The van der Waals surface area contributed by atoms with Crippen LogP contribution in [0, 0.1) is 6.92 Å². The molecule has 2 aromatic rings. The van der Waals surface area contributed by atoms with Crippen LogP contribution in [0.3, 0.4) is 0 Å². The number of nitrogens with zero attached hydrogens (tertiary/aromatic N) is 1. The van der Waals surface area contributed by atoms with Crippen molar-refractivity contribution in [3.8, 4) is 0 Å². The van der Waals surface area contributed by atoms with Gasteiger partial charge in [0.2, 0.25) is 0 Å². The average molecular weight is 354 g/mol. The van der Waals surface area contributed by atoms with Crippen molar-refractivity contribution in [1.82, 2.24) is 5.32 Å². The maximum atomic E-state index is 12.5. The van der Waals surface area contributed by atoms with Crippen LogP contribution in [-0.2, 0) is 9.47 Å². The Kier molecular flexibility index (Phi) is 7.83. The fourth-order valence-electron chi connectivity index (χ4n) is 2.30. The first-order valence-electron chi connectivity index (χ1n) is 8.81. The molecule has 1 N–H and O–H groups in total. The van der Waals surface area contributed by atoms with Gasteiger partial charge < -0.3 is 9.47 Å². The van der Waals surface area contributed by atoms with Crippen molar-refractivity contribution in [1.29, 1.82) is 0 Å². The number of rotatable bonds is 7. The van der Waals surface area contributed by atoms with E-state index >= 15 is 0 Å². The minimum absolute atomic E-state index is 0.142. The summed E-state index contributed by atoms with van der Waals surface area (Å²) in [5.41, 5.74) is 2.70. The monoisotopic (exact) mass is 354 g/mol. The lowest BCUT2D eigenvalue weighted by Crippen LogP contribution is -2.33. The number of ether oxygens (including phenoxy) is 2. The Balaban J connectivity index is 2.10.